The molecule has 0 spiro atoms. The van der Waals surface area contributed by atoms with Gasteiger partial charge >= 0.3 is 0 Å². The number of anilines is 1. The van der Waals surface area contributed by atoms with Crippen LogP contribution in [-0.2, 0) is 13.0 Å². The van der Waals surface area contributed by atoms with Crippen LogP contribution in [0, 0.1) is 0 Å². The monoisotopic (exact) mass is 356 g/mol. The van der Waals surface area contributed by atoms with Gasteiger partial charge in [0.15, 0.2) is 0 Å². The van der Waals surface area contributed by atoms with Crippen LogP contribution < -0.4 is 5.32 Å². The predicted octanol–water partition coefficient (Wildman–Crippen LogP) is 4.62. The van der Waals surface area contributed by atoms with E-state index >= 15 is 0 Å². The van der Waals surface area contributed by atoms with Gasteiger partial charge in [-0.1, -0.05) is 24.3 Å². The maximum atomic E-state index is 12.8. The van der Waals surface area contributed by atoms with Crippen molar-refractivity contribution in [3.05, 3.63) is 72.3 Å². The predicted molar refractivity (Wildman–Crippen MR) is 107 cm³/mol. The van der Waals surface area contributed by atoms with E-state index in [1.165, 1.54) is 12.8 Å². The first-order valence-corrected chi connectivity index (χ1v) is 9.32. The third kappa shape index (κ3) is 2.91. The number of benzene rings is 2. The lowest BCUT2D eigenvalue weighted by Gasteiger charge is -2.11. The van der Waals surface area contributed by atoms with Gasteiger partial charge in [0.1, 0.15) is 5.82 Å². The SMILES string of the molecule is O=C(Nc1ccccc1-c1cn2c(n1)CCCC2)c1ccc2cc[nH]c2c1. The van der Waals surface area contributed by atoms with E-state index in [4.69, 9.17) is 4.98 Å². The van der Waals surface area contributed by atoms with Crippen LogP contribution in [0.25, 0.3) is 22.2 Å². The number of carbonyl (C=O) groups is 1. The van der Waals surface area contributed by atoms with Gasteiger partial charge < -0.3 is 14.9 Å². The number of H-pyrrole nitrogens is 1. The van der Waals surface area contributed by atoms with E-state index in [9.17, 15) is 4.79 Å². The zero-order valence-corrected chi connectivity index (χ0v) is 14.9. The average molecular weight is 356 g/mol. The number of aromatic amines is 1. The van der Waals surface area contributed by atoms with Crippen molar-refractivity contribution >= 4 is 22.5 Å². The molecule has 1 aliphatic rings. The van der Waals surface area contributed by atoms with E-state index in [1.807, 2.05) is 54.7 Å². The zero-order chi connectivity index (χ0) is 18.2. The van der Waals surface area contributed by atoms with E-state index in [-0.39, 0.29) is 5.91 Å². The molecule has 1 aliphatic heterocycles. The first-order valence-electron chi connectivity index (χ1n) is 9.32. The Kier molecular flexibility index (Phi) is 3.78. The molecule has 5 heteroatoms. The molecule has 0 saturated carbocycles. The Hall–Kier alpha value is -3.34. The van der Waals surface area contributed by atoms with Gasteiger partial charge in [-0.15, -0.1) is 0 Å². The van der Waals surface area contributed by atoms with Crippen molar-refractivity contribution in [2.45, 2.75) is 25.8 Å². The average Bonchev–Trinajstić information content (AvgIpc) is 3.34. The number of aryl methyl sites for hydroxylation is 2. The van der Waals surface area contributed by atoms with Crippen molar-refractivity contribution in [1.82, 2.24) is 14.5 Å². The van der Waals surface area contributed by atoms with Crippen LogP contribution in [0.1, 0.15) is 29.0 Å². The molecular weight excluding hydrogens is 336 g/mol. The number of para-hydroxylation sites is 1. The Morgan fingerprint density at radius 3 is 2.96 bits per heavy atom. The first-order chi connectivity index (χ1) is 13.3. The van der Waals surface area contributed by atoms with Crippen molar-refractivity contribution in [1.29, 1.82) is 0 Å². The van der Waals surface area contributed by atoms with Crippen molar-refractivity contribution < 1.29 is 4.79 Å². The Balaban J connectivity index is 1.47. The Morgan fingerprint density at radius 1 is 1.11 bits per heavy atom. The molecule has 134 valence electrons. The summed E-state index contributed by atoms with van der Waals surface area (Å²) in [5.74, 6) is 1.01. The molecule has 2 N–H and O–H groups in total. The summed E-state index contributed by atoms with van der Waals surface area (Å²) < 4.78 is 2.23. The van der Waals surface area contributed by atoms with Crippen molar-refractivity contribution in [3.63, 3.8) is 0 Å². The fraction of sp³-hybridized carbons (Fsp3) is 0.182. The smallest absolute Gasteiger partial charge is 0.255 e. The lowest BCUT2D eigenvalue weighted by atomic mass is 10.1. The number of nitrogens with zero attached hydrogens (tertiary/aromatic N) is 2. The lowest BCUT2D eigenvalue weighted by molar-refractivity contribution is 0.102. The van der Waals surface area contributed by atoms with Crippen LogP contribution in [0.4, 0.5) is 5.69 Å². The van der Waals surface area contributed by atoms with Crippen LogP contribution in [0.2, 0.25) is 0 Å². The Bertz CT molecular complexity index is 1110. The summed E-state index contributed by atoms with van der Waals surface area (Å²) in [7, 11) is 0. The minimum Gasteiger partial charge on any atom is -0.361 e. The molecule has 1 amide bonds. The summed E-state index contributed by atoms with van der Waals surface area (Å²) in [4.78, 5) is 20.8. The van der Waals surface area contributed by atoms with E-state index in [0.717, 1.165) is 46.6 Å². The number of imidazole rings is 1. The second kappa shape index (κ2) is 6.43. The molecule has 0 aliphatic carbocycles. The quantitative estimate of drug-likeness (QED) is 0.563. The third-order valence-corrected chi connectivity index (χ3v) is 5.18. The Morgan fingerprint density at radius 2 is 2.04 bits per heavy atom. The van der Waals surface area contributed by atoms with Gasteiger partial charge in [-0.25, -0.2) is 4.98 Å². The minimum atomic E-state index is -0.122. The van der Waals surface area contributed by atoms with Crippen molar-refractivity contribution in [2.24, 2.45) is 0 Å². The minimum absolute atomic E-state index is 0.122. The largest absolute Gasteiger partial charge is 0.361 e. The fourth-order valence-electron chi connectivity index (χ4n) is 3.74. The fourth-order valence-corrected chi connectivity index (χ4v) is 3.74. The molecule has 0 atom stereocenters. The number of hydrogen-bond acceptors (Lipinski definition) is 2. The van der Waals surface area contributed by atoms with E-state index in [2.05, 4.69) is 21.1 Å². The number of hydrogen-bond donors (Lipinski definition) is 2. The van der Waals surface area contributed by atoms with Gasteiger partial charge in [-0.2, -0.15) is 0 Å². The standard InChI is InChI=1S/C22H20N4O/c27-22(16-9-8-15-10-11-23-19(15)13-16)25-18-6-2-1-5-17(18)20-14-26-12-4-3-7-21(26)24-20/h1-2,5-6,8-11,13-14,23H,3-4,7,12H2,(H,25,27). The van der Waals surface area contributed by atoms with Gasteiger partial charge in [0.05, 0.1) is 11.4 Å². The molecule has 5 nitrogen and oxygen atoms in total. The second-order valence-corrected chi connectivity index (χ2v) is 6.97. The third-order valence-electron chi connectivity index (χ3n) is 5.18. The molecule has 3 heterocycles. The molecule has 0 radical (unpaired) electrons. The number of rotatable bonds is 3. The maximum Gasteiger partial charge on any atom is 0.255 e. The van der Waals surface area contributed by atoms with Crippen molar-refractivity contribution in [3.8, 4) is 11.3 Å². The van der Waals surface area contributed by atoms with Crippen LogP contribution >= 0.6 is 0 Å². The molecule has 5 rings (SSSR count). The maximum absolute atomic E-state index is 12.8. The van der Waals surface area contributed by atoms with Crippen molar-refractivity contribution in [2.75, 3.05) is 5.32 Å². The number of aromatic nitrogens is 3. The van der Waals surface area contributed by atoms with E-state index in [1.54, 1.807) is 0 Å². The molecule has 0 bridgehead atoms. The summed E-state index contributed by atoms with van der Waals surface area (Å²) in [6.45, 7) is 1.02. The highest BCUT2D eigenvalue weighted by atomic mass is 16.1. The molecule has 2 aromatic heterocycles. The molecule has 0 fully saturated rings. The topological polar surface area (TPSA) is 62.7 Å². The summed E-state index contributed by atoms with van der Waals surface area (Å²) in [5, 5.41) is 4.15. The molecule has 0 unspecified atom stereocenters. The van der Waals surface area contributed by atoms with Crippen LogP contribution in [0.15, 0.2) is 60.9 Å². The highest BCUT2D eigenvalue weighted by Gasteiger charge is 2.16. The number of carbonyl (C=O) groups excluding carboxylic acids is 1. The van der Waals surface area contributed by atoms with Gasteiger partial charge in [0, 0.05) is 42.0 Å². The number of amides is 1. The summed E-state index contributed by atoms with van der Waals surface area (Å²) >= 11 is 0. The number of nitrogens with one attached hydrogen (secondary N) is 2. The first kappa shape index (κ1) is 15.9. The van der Waals surface area contributed by atoms with Gasteiger partial charge in [-0.05, 0) is 42.5 Å². The van der Waals surface area contributed by atoms with Gasteiger partial charge in [0.2, 0.25) is 0 Å². The van der Waals surface area contributed by atoms with Crippen LogP contribution in [0.5, 0.6) is 0 Å². The summed E-state index contributed by atoms with van der Waals surface area (Å²) in [6, 6.07) is 15.5. The highest BCUT2D eigenvalue weighted by molar-refractivity contribution is 6.07. The normalized spacial score (nSPS) is 13.5. The van der Waals surface area contributed by atoms with Gasteiger partial charge in [-0.3, -0.25) is 4.79 Å². The molecule has 4 aromatic rings. The highest BCUT2D eigenvalue weighted by Crippen LogP contribution is 2.29. The van der Waals surface area contributed by atoms with E-state index in [0.29, 0.717) is 5.56 Å². The van der Waals surface area contributed by atoms with Crippen LogP contribution in [0.3, 0.4) is 0 Å². The molecule has 2 aromatic carbocycles. The summed E-state index contributed by atoms with van der Waals surface area (Å²) in [5.41, 5.74) is 4.24. The number of fused-ring (bicyclic) bond motifs is 2. The molecule has 27 heavy (non-hydrogen) atoms. The lowest BCUT2D eigenvalue weighted by Crippen LogP contribution is -2.12. The molecular formula is C22H20N4O. The Labute approximate surface area is 157 Å². The summed E-state index contributed by atoms with van der Waals surface area (Å²) in [6.07, 6.45) is 7.38. The zero-order valence-electron chi connectivity index (χ0n) is 14.9. The molecule has 0 saturated heterocycles. The second-order valence-electron chi connectivity index (χ2n) is 6.97. The van der Waals surface area contributed by atoms with Crippen LogP contribution in [-0.4, -0.2) is 20.4 Å². The van der Waals surface area contributed by atoms with E-state index < -0.39 is 0 Å². The van der Waals surface area contributed by atoms with Gasteiger partial charge in [0.25, 0.3) is 5.91 Å².